The van der Waals surface area contributed by atoms with Gasteiger partial charge >= 0.3 is 0 Å². The molecule has 0 aliphatic heterocycles. The van der Waals surface area contributed by atoms with Crippen molar-refractivity contribution in [2.24, 2.45) is 0 Å². The Morgan fingerprint density at radius 1 is 0.586 bits per heavy atom. The normalized spacial score (nSPS) is 11.1. The van der Waals surface area contributed by atoms with Crippen LogP contribution in [0.2, 0.25) is 0 Å². The van der Waals surface area contributed by atoms with Gasteiger partial charge in [0, 0.05) is 10.8 Å². The van der Waals surface area contributed by atoms with Crippen molar-refractivity contribution >= 4 is 16.5 Å². The Labute approximate surface area is 170 Å². The average molecular weight is 374 g/mol. The number of benzene rings is 4. The lowest BCUT2D eigenvalue weighted by Gasteiger charge is -2.17. The van der Waals surface area contributed by atoms with E-state index < -0.39 is 0 Å². The zero-order chi connectivity index (χ0) is 19.8. The molecule has 0 atom stereocenters. The van der Waals surface area contributed by atoms with E-state index in [4.69, 9.17) is 5.73 Å². The molecule has 2 nitrogen and oxygen atoms in total. The van der Waals surface area contributed by atoms with Crippen LogP contribution in [0.4, 0.5) is 5.69 Å². The van der Waals surface area contributed by atoms with E-state index in [0.29, 0.717) is 0 Å². The number of aryl methyl sites for hydroxylation is 1. The predicted molar refractivity (Wildman–Crippen MR) is 123 cm³/mol. The third-order valence-electron chi connectivity index (χ3n) is 5.41. The van der Waals surface area contributed by atoms with E-state index >= 15 is 0 Å². The number of nitrogens with two attached hydrogens (primary N) is 1. The summed E-state index contributed by atoms with van der Waals surface area (Å²) < 4.78 is 2.33. The standard InChI is InChI=1S/C27H22N2/c1-19-16-17-24(28)25(18-19)29-26(20-10-4-2-5-11-20)22-14-8-9-15-23(22)27(29)21-12-6-3-7-13-21/h2-18H,28H2,1H3. The molecule has 29 heavy (non-hydrogen) atoms. The highest BCUT2D eigenvalue weighted by Crippen LogP contribution is 2.42. The minimum Gasteiger partial charge on any atom is -0.397 e. The highest BCUT2D eigenvalue weighted by atomic mass is 15.0. The summed E-state index contributed by atoms with van der Waals surface area (Å²) in [5, 5.41) is 2.44. The van der Waals surface area contributed by atoms with Gasteiger partial charge in [0.2, 0.25) is 0 Å². The highest BCUT2D eigenvalue weighted by molar-refractivity contribution is 6.06. The molecule has 0 radical (unpaired) electrons. The van der Waals surface area contributed by atoms with Gasteiger partial charge in [0.1, 0.15) is 0 Å². The number of rotatable bonds is 3. The maximum atomic E-state index is 6.52. The maximum absolute atomic E-state index is 6.52. The quantitative estimate of drug-likeness (QED) is 0.344. The Morgan fingerprint density at radius 3 is 1.59 bits per heavy atom. The lowest BCUT2D eigenvalue weighted by atomic mass is 10.0. The minimum absolute atomic E-state index is 0.769. The largest absolute Gasteiger partial charge is 0.397 e. The van der Waals surface area contributed by atoms with Gasteiger partial charge in [-0.25, -0.2) is 0 Å². The third-order valence-corrected chi connectivity index (χ3v) is 5.41. The van der Waals surface area contributed by atoms with Crippen molar-refractivity contribution in [2.75, 3.05) is 5.73 Å². The van der Waals surface area contributed by atoms with E-state index in [1.54, 1.807) is 0 Å². The molecule has 0 unspecified atom stereocenters. The zero-order valence-corrected chi connectivity index (χ0v) is 16.3. The topological polar surface area (TPSA) is 30.9 Å². The molecule has 0 aliphatic rings. The molecule has 4 aromatic carbocycles. The molecule has 0 saturated carbocycles. The van der Waals surface area contributed by atoms with Gasteiger partial charge in [0.05, 0.1) is 22.8 Å². The van der Waals surface area contributed by atoms with Crippen LogP contribution in [0.3, 0.4) is 0 Å². The molecule has 0 aliphatic carbocycles. The van der Waals surface area contributed by atoms with E-state index in [2.05, 4.69) is 109 Å². The highest BCUT2D eigenvalue weighted by Gasteiger charge is 2.21. The summed E-state index contributed by atoms with van der Waals surface area (Å²) in [4.78, 5) is 0. The summed E-state index contributed by atoms with van der Waals surface area (Å²) in [7, 11) is 0. The second-order valence-electron chi connectivity index (χ2n) is 7.37. The van der Waals surface area contributed by atoms with Crippen molar-refractivity contribution in [3.05, 3.63) is 109 Å². The summed E-state index contributed by atoms with van der Waals surface area (Å²) in [6, 6.07) is 36.0. The summed E-state index contributed by atoms with van der Waals surface area (Å²) in [5.41, 5.74) is 14.2. The molecule has 1 aromatic heterocycles. The lowest BCUT2D eigenvalue weighted by Crippen LogP contribution is -2.04. The molecule has 0 bridgehead atoms. The van der Waals surface area contributed by atoms with Gasteiger partial charge in [-0.15, -0.1) is 0 Å². The van der Waals surface area contributed by atoms with Crippen LogP contribution in [0.5, 0.6) is 0 Å². The summed E-state index contributed by atoms with van der Waals surface area (Å²) in [6.45, 7) is 2.11. The summed E-state index contributed by atoms with van der Waals surface area (Å²) >= 11 is 0. The SMILES string of the molecule is Cc1ccc(N)c(-n2c(-c3ccccc3)c3ccccc3c2-c2ccccc2)c1. The Morgan fingerprint density at radius 2 is 1.07 bits per heavy atom. The summed E-state index contributed by atoms with van der Waals surface area (Å²) in [6.07, 6.45) is 0. The fraction of sp³-hybridized carbons (Fsp3) is 0.0370. The number of hydrogen-bond acceptors (Lipinski definition) is 1. The van der Waals surface area contributed by atoms with E-state index in [0.717, 1.165) is 22.8 Å². The average Bonchev–Trinajstić information content (AvgIpc) is 3.11. The molecule has 140 valence electrons. The molecule has 1 heterocycles. The zero-order valence-electron chi connectivity index (χ0n) is 16.3. The fourth-order valence-electron chi connectivity index (χ4n) is 4.10. The van der Waals surface area contributed by atoms with Crippen LogP contribution >= 0.6 is 0 Å². The van der Waals surface area contributed by atoms with Crippen molar-refractivity contribution in [3.63, 3.8) is 0 Å². The number of fused-ring (bicyclic) bond motifs is 1. The van der Waals surface area contributed by atoms with E-state index in [9.17, 15) is 0 Å². The minimum atomic E-state index is 0.769. The first-order valence-corrected chi connectivity index (χ1v) is 9.85. The van der Waals surface area contributed by atoms with Gasteiger partial charge in [-0.1, -0.05) is 91.0 Å². The van der Waals surface area contributed by atoms with Crippen LogP contribution in [0.1, 0.15) is 5.56 Å². The molecule has 2 N–H and O–H groups in total. The second kappa shape index (κ2) is 6.99. The van der Waals surface area contributed by atoms with Gasteiger partial charge in [-0.05, 0) is 35.7 Å². The number of aromatic nitrogens is 1. The van der Waals surface area contributed by atoms with E-state index in [1.165, 1.54) is 27.5 Å². The number of nitrogen functional groups attached to an aromatic ring is 1. The fourth-order valence-corrected chi connectivity index (χ4v) is 4.10. The van der Waals surface area contributed by atoms with Crippen LogP contribution in [0.15, 0.2) is 103 Å². The number of hydrogen-bond donors (Lipinski definition) is 1. The van der Waals surface area contributed by atoms with Crippen molar-refractivity contribution in [3.8, 4) is 28.2 Å². The van der Waals surface area contributed by atoms with Crippen LogP contribution < -0.4 is 5.73 Å². The molecule has 0 amide bonds. The molecular formula is C27H22N2. The van der Waals surface area contributed by atoms with E-state index in [-0.39, 0.29) is 0 Å². The van der Waals surface area contributed by atoms with Crippen LogP contribution in [-0.4, -0.2) is 4.57 Å². The first-order chi connectivity index (χ1) is 14.2. The van der Waals surface area contributed by atoms with Crippen LogP contribution in [-0.2, 0) is 0 Å². The van der Waals surface area contributed by atoms with Crippen molar-refractivity contribution in [1.29, 1.82) is 0 Å². The van der Waals surface area contributed by atoms with Gasteiger partial charge in [0.25, 0.3) is 0 Å². The molecule has 0 saturated heterocycles. The molecule has 2 heteroatoms. The smallest absolute Gasteiger partial charge is 0.0694 e. The number of nitrogens with zero attached hydrogens (tertiary/aromatic N) is 1. The molecular weight excluding hydrogens is 352 g/mol. The maximum Gasteiger partial charge on any atom is 0.0694 e. The van der Waals surface area contributed by atoms with Gasteiger partial charge < -0.3 is 10.3 Å². The third kappa shape index (κ3) is 2.90. The van der Waals surface area contributed by atoms with Crippen LogP contribution in [0.25, 0.3) is 39.0 Å². The van der Waals surface area contributed by atoms with Crippen LogP contribution in [0, 0.1) is 6.92 Å². The molecule has 5 rings (SSSR count). The van der Waals surface area contributed by atoms with Crippen molar-refractivity contribution in [2.45, 2.75) is 6.92 Å². The first-order valence-electron chi connectivity index (χ1n) is 9.85. The first kappa shape index (κ1) is 17.3. The number of anilines is 1. The second-order valence-corrected chi connectivity index (χ2v) is 7.37. The molecule has 0 fully saturated rings. The Kier molecular flexibility index (Phi) is 4.18. The Hall–Kier alpha value is -3.78. The lowest BCUT2D eigenvalue weighted by molar-refractivity contribution is 1.10. The molecule has 5 aromatic rings. The molecule has 0 spiro atoms. The van der Waals surface area contributed by atoms with Gasteiger partial charge in [0.15, 0.2) is 0 Å². The van der Waals surface area contributed by atoms with Crippen molar-refractivity contribution in [1.82, 2.24) is 4.57 Å². The van der Waals surface area contributed by atoms with E-state index in [1.807, 2.05) is 6.07 Å². The Balaban J connectivity index is 2.00. The van der Waals surface area contributed by atoms with Gasteiger partial charge in [-0.2, -0.15) is 0 Å². The van der Waals surface area contributed by atoms with Gasteiger partial charge in [-0.3, -0.25) is 0 Å². The Bertz CT molecular complexity index is 1220. The predicted octanol–water partition coefficient (Wildman–Crippen LogP) is 6.86. The monoisotopic (exact) mass is 374 g/mol. The summed E-state index contributed by atoms with van der Waals surface area (Å²) in [5.74, 6) is 0. The van der Waals surface area contributed by atoms with Crippen molar-refractivity contribution < 1.29 is 0 Å².